The molecule has 0 aliphatic carbocycles. The summed E-state index contributed by atoms with van der Waals surface area (Å²) in [6, 6.07) is 6.19. The Hall–Kier alpha value is -0.190. The topological polar surface area (TPSA) is 24.4 Å². The first-order chi connectivity index (χ1) is 8.19. The number of hydrogen-bond donors (Lipinski definition) is 1. The second-order valence-corrected chi connectivity index (χ2v) is 6.26. The minimum absolute atomic E-state index is 0.463. The molecule has 2 rings (SSSR count). The van der Waals surface area contributed by atoms with Crippen molar-refractivity contribution in [2.45, 2.75) is 25.8 Å². The summed E-state index contributed by atoms with van der Waals surface area (Å²) in [5.41, 5.74) is 1.01. The fraction of sp³-hybridized carbons (Fsp3) is 0.417. The van der Waals surface area contributed by atoms with Crippen molar-refractivity contribution in [2.75, 3.05) is 11.1 Å². The third kappa shape index (κ3) is 3.63. The van der Waals surface area contributed by atoms with E-state index in [4.69, 9.17) is 11.6 Å². The third-order valence-corrected chi connectivity index (χ3v) is 4.45. The largest absolute Gasteiger partial charge is 0.334 e. The van der Waals surface area contributed by atoms with Gasteiger partial charge in [0.2, 0.25) is 0 Å². The smallest absolute Gasteiger partial charge is 0.161 e. The fourth-order valence-corrected chi connectivity index (χ4v) is 3.40. The summed E-state index contributed by atoms with van der Waals surface area (Å²) in [5, 5.41) is 5.08. The molecule has 0 spiro atoms. The summed E-state index contributed by atoms with van der Waals surface area (Å²) in [5.74, 6) is 1.13. The maximum absolute atomic E-state index is 5.91. The second kappa shape index (κ2) is 6.12. The zero-order valence-electron chi connectivity index (χ0n) is 9.54. The van der Waals surface area contributed by atoms with Crippen LogP contribution in [0.4, 0.5) is 5.69 Å². The van der Waals surface area contributed by atoms with Gasteiger partial charge in [-0.05, 0) is 47.0 Å². The van der Waals surface area contributed by atoms with Crippen LogP contribution in [0.15, 0.2) is 27.7 Å². The van der Waals surface area contributed by atoms with E-state index in [1.807, 2.05) is 18.2 Å². The number of nitrogens with one attached hydrogen (secondary N) is 1. The third-order valence-electron chi connectivity index (χ3n) is 2.63. The van der Waals surface area contributed by atoms with Crippen LogP contribution in [0.25, 0.3) is 0 Å². The molecule has 0 aromatic heterocycles. The molecule has 2 nitrogen and oxygen atoms in total. The minimum atomic E-state index is 0.463. The first kappa shape index (κ1) is 13.2. The summed E-state index contributed by atoms with van der Waals surface area (Å²) < 4.78 is 0.965. The number of anilines is 1. The maximum atomic E-state index is 5.91. The first-order valence-electron chi connectivity index (χ1n) is 5.61. The van der Waals surface area contributed by atoms with Gasteiger partial charge in [-0.1, -0.05) is 30.3 Å². The molecule has 0 saturated carbocycles. The molecule has 1 aromatic carbocycles. The lowest BCUT2D eigenvalue weighted by molar-refractivity contribution is 0.634. The molecule has 0 fully saturated rings. The zero-order chi connectivity index (χ0) is 12.3. The van der Waals surface area contributed by atoms with Crippen LogP contribution >= 0.6 is 39.3 Å². The van der Waals surface area contributed by atoms with Crippen LogP contribution in [-0.2, 0) is 0 Å². The summed E-state index contributed by atoms with van der Waals surface area (Å²) in [7, 11) is 0. The molecule has 5 heteroatoms. The van der Waals surface area contributed by atoms with E-state index in [-0.39, 0.29) is 0 Å². The summed E-state index contributed by atoms with van der Waals surface area (Å²) >= 11 is 11.2. The highest BCUT2D eigenvalue weighted by molar-refractivity contribution is 9.10. The van der Waals surface area contributed by atoms with Crippen LogP contribution in [0.3, 0.4) is 0 Å². The van der Waals surface area contributed by atoms with Crippen LogP contribution in [0.2, 0.25) is 5.02 Å². The summed E-state index contributed by atoms with van der Waals surface area (Å²) in [6.07, 6.45) is 2.28. The number of rotatable bonds is 2. The van der Waals surface area contributed by atoms with Gasteiger partial charge < -0.3 is 5.32 Å². The van der Waals surface area contributed by atoms with E-state index in [1.54, 1.807) is 11.8 Å². The Morgan fingerprint density at radius 2 is 2.41 bits per heavy atom. The van der Waals surface area contributed by atoms with E-state index in [2.05, 4.69) is 33.2 Å². The van der Waals surface area contributed by atoms with Gasteiger partial charge in [-0.25, -0.2) is 0 Å². The molecule has 92 valence electrons. The van der Waals surface area contributed by atoms with Gasteiger partial charge in [-0.2, -0.15) is 0 Å². The average Bonchev–Trinajstić information content (AvgIpc) is 2.33. The van der Waals surface area contributed by atoms with Gasteiger partial charge in [0.25, 0.3) is 0 Å². The van der Waals surface area contributed by atoms with E-state index in [0.29, 0.717) is 6.04 Å². The molecule has 0 saturated heterocycles. The van der Waals surface area contributed by atoms with Gasteiger partial charge in [0.15, 0.2) is 5.17 Å². The number of thioether (sulfide) groups is 1. The quantitative estimate of drug-likeness (QED) is 0.842. The molecule has 1 atom stereocenters. The molecule has 0 radical (unpaired) electrons. The molecule has 0 bridgehead atoms. The average molecular weight is 334 g/mol. The van der Waals surface area contributed by atoms with E-state index >= 15 is 0 Å². The van der Waals surface area contributed by atoms with Gasteiger partial charge in [-0.3, -0.25) is 4.99 Å². The number of halogens is 2. The summed E-state index contributed by atoms with van der Waals surface area (Å²) in [4.78, 5) is 4.67. The highest BCUT2D eigenvalue weighted by atomic mass is 79.9. The van der Waals surface area contributed by atoms with Gasteiger partial charge in [0.1, 0.15) is 0 Å². The molecule has 17 heavy (non-hydrogen) atoms. The van der Waals surface area contributed by atoms with E-state index in [9.17, 15) is 0 Å². The predicted octanol–water partition coefficient (Wildman–Crippen LogP) is 4.79. The van der Waals surface area contributed by atoms with Crippen molar-refractivity contribution in [3.05, 3.63) is 27.7 Å². The molecule has 1 N–H and O–H groups in total. The first-order valence-corrected chi connectivity index (χ1v) is 7.77. The minimum Gasteiger partial charge on any atom is -0.334 e. The Kier molecular flexibility index (Phi) is 4.77. The van der Waals surface area contributed by atoms with Crippen molar-refractivity contribution in [1.82, 2.24) is 0 Å². The van der Waals surface area contributed by atoms with E-state index < -0.39 is 0 Å². The normalized spacial score (nSPS) is 19.9. The van der Waals surface area contributed by atoms with Crippen LogP contribution in [-0.4, -0.2) is 17.0 Å². The molecule has 1 unspecified atom stereocenters. The molecular weight excluding hydrogens is 320 g/mol. The van der Waals surface area contributed by atoms with Crippen LogP contribution < -0.4 is 5.32 Å². The highest BCUT2D eigenvalue weighted by Crippen LogP contribution is 2.28. The number of hydrogen-bond acceptors (Lipinski definition) is 3. The van der Waals surface area contributed by atoms with Crippen molar-refractivity contribution in [2.24, 2.45) is 4.99 Å². The number of amidine groups is 1. The standard InChI is InChI=1S/C12H14BrClN2S/c1-2-9-5-6-17-12(15-9)16-11-4-3-8(14)7-10(11)13/h3-4,7,9H,2,5-6H2,1H3,(H,15,16). The molecular formula is C12H14BrClN2S. The lowest BCUT2D eigenvalue weighted by Gasteiger charge is -2.20. The Bertz CT molecular complexity index is 437. The van der Waals surface area contributed by atoms with Crippen molar-refractivity contribution in [1.29, 1.82) is 0 Å². The SMILES string of the molecule is CCC1CCSC(Nc2ccc(Cl)cc2Br)=N1. The van der Waals surface area contributed by atoms with Crippen molar-refractivity contribution >= 4 is 50.1 Å². The zero-order valence-corrected chi connectivity index (χ0v) is 12.7. The molecule has 1 aromatic rings. The molecule has 0 amide bonds. The molecule has 1 aliphatic heterocycles. The van der Waals surface area contributed by atoms with Gasteiger partial charge in [-0.15, -0.1) is 0 Å². The molecule has 1 aliphatic rings. The van der Waals surface area contributed by atoms with Crippen LogP contribution in [0.5, 0.6) is 0 Å². The lowest BCUT2D eigenvalue weighted by atomic mass is 10.2. The number of nitrogens with zero attached hydrogens (tertiary/aromatic N) is 1. The van der Waals surface area contributed by atoms with Gasteiger partial charge in [0.05, 0.1) is 11.7 Å². The fourth-order valence-electron chi connectivity index (χ4n) is 1.63. The van der Waals surface area contributed by atoms with E-state index in [0.717, 1.165) is 32.5 Å². The highest BCUT2D eigenvalue weighted by Gasteiger charge is 2.14. The second-order valence-electron chi connectivity index (χ2n) is 3.88. The molecule has 1 heterocycles. The Labute approximate surface area is 119 Å². The van der Waals surface area contributed by atoms with Gasteiger partial charge >= 0.3 is 0 Å². The van der Waals surface area contributed by atoms with Crippen LogP contribution in [0, 0.1) is 0 Å². The monoisotopic (exact) mass is 332 g/mol. The summed E-state index contributed by atoms with van der Waals surface area (Å²) in [6.45, 7) is 2.18. The lowest BCUT2D eigenvalue weighted by Crippen LogP contribution is -2.19. The van der Waals surface area contributed by atoms with E-state index in [1.165, 1.54) is 6.42 Å². The Morgan fingerprint density at radius 3 is 3.12 bits per heavy atom. The number of benzene rings is 1. The number of aliphatic imine (C=N–C) groups is 1. The maximum Gasteiger partial charge on any atom is 0.161 e. The van der Waals surface area contributed by atoms with Crippen molar-refractivity contribution < 1.29 is 0 Å². The van der Waals surface area contributed by atoms with Crippen molar-refractivity contribution in [3.8, 4) is 0 Å². The van der Waals surface area contributed by atoms with Crippen LogP contribution in [0.1, 0.15) is 19.8 Å². The van der Waals surface area contributed by atoms with Crippen molar-refractivity contribution in [3.63, 3.8) is 0 Å². The predicted molar refractivity (Wildman–Crippen MR) is 81.4 cm³/mol. The van der Waals surface area contributed by atoms with Gasteiger partial charge in [0, 0.05) is 15.2 Å². The Morgan fingerprint density at radius 1 is 1.59 bits per heavy atom. The Balaban J connectivity index is 2.12.